The standard InChI is InChI=1S/C7H15NO2.C2H6/c1-5(2)6(3)8-7(9)10-4;1-2/h5-6H,1-4H3,(H,8,9);1-2H3/t6-;/m1./s1. The third kappa shape index (κ3) is 7.38. The molecule has 0 spiro atoms. The molecule has 0 heterocycles. The number of alkyl carbamates (subject to hydrolysis) is 1. The quantitative estimate of drug-likeness (QED) is 0.700. The molecular weight excluding hydrogens is 154 g/mol. The lowest BCUT2D eigenvalue weighted by Crippen LogP contribution is -2.35. The van der Waals surface area contributed by atoms with Crippen molar-refractivity contribution in [1.29, 1.82) is 0 Å². The first-order valence-electron chi connectivity index (χ1n) is 4.42. The van der Waals surface area contributed by atoms with Gasteiger partial charge in [0.15, 0.2) is 0 Å². The minimum absolute atomic E-state index is 0.174. The zero-order valence-corrected chi connectivity index (χ0v) is 8.97. The molecule has 0 fully saturated rings. The van der Waals surface area contributed by atoms with Crippen LogP contribution in [0.2, 0.25) is 0 Å². The first-order chi connectivity index (χ1) is 5.57. The van der Waals surface area contributed by atoms with Crippen molar-refractivity contribution in [3.8, 4) is 0 Å². The Balaban J connectivity index is 0. The van der Waals surface area contributed by atoms with E-state index in [1.54, 1.807) is 0 Å². The maximum atomic E-state index is 10.6. The fourth-order valence-electron chi connectivity index (χ4n) is 0.411. The van der Waals surface area contributed by atoms with Gasteiger partial charge in [-0.15, -0.1) is 0 Å². The minimum atomic E-state index is -0.360. The number of methoxy groups -OCH3 is 1. The van der Waals surface area contributed by atoms with Crippen molar-refractivity contribution >= 4 is 6.09 Å². The highest BCUT2D eigenvalue weighted by Crippen LogP contribution is 1.99. The lowest BCUT2D eigenvalue weighted by molar-refractivity contribution is 0.164. The molecule has 0 aromatic carbocycles. The van der Waals surface area contributed by atoms with Crippen LogP contribution in [0.5, 0.6) is 0 Å². The summed E-state index contributed by atoms with van der Waals surface area (Å²) in [6.45, 7) is 10.0. The van der Waals surface area contributed by atoms with Crippen LogP contribution in [0.4, 0.5) is 4.79 Å². The van der Waals surface area contributed by atoms with Crippen molar-refractivity contribution in [2.24, 2.45) is 5.92 Å². The van der Waals surface area contributed by atoms with Gasteiger partial charge in [-0.2, -0.15) is 0 Å². The zero-order valence-electron chi connectivity index (χ0n) is 8.97. The van der Waals surface area contributed by atoms with Crippen LogP contribution in [0.1, 0.15) is 34.6 Å². The van der Waals surface area contributed by atoms with Gasteiger partial charge in [-0.05, 0) is 12.8 Å². The van der Waals surface area contributed by atoms with Crippen LogP contribution in [-0.4, -0.2) is 19.2 Å². The first kappa shape index (κ1) is 13.8. The topological polar surface area (TPSA) is 38.3 Å². The molecule has 1 amide bonds. The Kier molecular flexibility index (Phi) is 9.65. The van der Waals surface area contributed by atoms with Crippen molar-refractivity contribution in [2.75, 3.05) is 7.11 Å². The van der Waals surface area contributed by atoms with Crippen LogP contribution in [0, 0.1) is 5.92 Å². The van der Waals surface area contributed by atoms with E-state index >= 15 is 0 Å². The average molecular weight is 175 g/mol. The molecule has 1 atom stereocenters. The van der Waals surface area contributed by atoms with Crippen molar-refractivity contribution in [3.63, 3.8) is 0 Å². The van der Waals surface area contributed by atoms with Crippen molar-refractivity contribution in [1.82, 2.24) is 5.32 Å². The summed E-state index contributed by atoms with van der Waals surface area (Å²) in [5, 5.41) is 2.67. The number of ether oxygens (including phenoxy) is 1. The van der Waals surface area contributed by atoms with Gasteiger partial charge >= 0.3 is 6.09 Å². The minimum Gasteiger partial charge on any atom is -0.453 e. The number of amides is 1. The Labute approximate surface area is 75.5 Å². The van der Waals surface area contributed by atoms with Gasteiger partial charge < -0.3 is 10.1 Å². The highest BCUT2D eigenvalue weighted by Gasteiger charge is 2.09. The van der Waals surface area contributed by atoms with Gasteiger partial charge in [-0.1, -0.05) is 27.7 Å². The van der Waals surface area contributed by atoms with E-state index < -0.39 is 0 Å². The van der Waals surface area contributed by atoms with E-state index in [2.05, 4.69) is 10.1 Å². The summed E-state index contributed by atoms with van der Waals surface area (Å²) in [5.74, 6) is 0.444. The molecule has 0 bridgehead atoms. The van der Waals surface area contributed by atoms with E-state index in [-0.39, 0.29) is 12.1 Å². The Morgan fingerprint density at radius 3 is 1.92 bits per heavy atom. The van der Waals surface area contributed by atoms with Crippen LogP contribution < -0.4 is 5.32 Å². The molecule has 0 aliphatic carbocycles. The highest BCUT2D eigenvalue weighted by molar-refractivity contribution is 5.67. The molecule has 0 aromatic rings. The summed E-state index contributed by atoms with van der Waals surface area (Å²) in [6.07, 6.45) is -0.360. The molecular formula is C9H21NO2. The van der Waals surface area contributed by atoms with Crippen LogP contribution in [0.25, 0.3) is 0 Å². The second kappa shape index (κ2) is 8.37. The average Bonchev–Trinajstić information content (AvgIpc) is 2.07. The van der Waals surface area contributed by atoms with Crippen LogP contribution >= 0.6 is 0 Å². The largest absolute Gasteiger partial charge is 0.453 e. The van der Waals surface area contributed by atoms with E-state index in [4.69, 9.17) is 0 Å². The Bertz CT molecular complexity index is 113. The summed E-state index contributed by atoms with van der Waals surface area (Å²) in [6, 6.07) is 0.174. The second-order valence-corrected chi connectivity index (χ2v) is 2.67. The lowest BCUT2D eigenvalue weighted by atomic mass is 10.1. The summed E-state index contributed by atoms with van der Waals surface area (Å²) < 4.78 is 4.42. The molecule has 0 rings (SSSR count). The van der Waals surface area contributed by atoms with Crippen molar-refractivity contribution in [2.45, 2.75) is 40.7 Å². The summed E-state index contributed by atoms with van der Waals surface area (Å²) in [5.41, 5.74) is 0. The number of carbonyl (C=O) groups is 1. The number of carbonyl (C=O) groups excluding carboxylic acids is 1. The van der Waals surface area contributed by atoms with Gasteiger partial charge in [0.2, 0.25) is 0 Å². The van der Waals surface area contributed by atoms with E-state index in [9.17, 15) is 4.79 Å². The van der Waals surface area contributed by atoms with Gasteiger partial charge in [0.05, 0.1) is 7.11 Å². The number of nitrogens with one attached hydrogen (secondary N) is 1. The molecule has 74 valence electrons. The molecule has 0 unspecified atom stereocenters. The third-order valence-electron chi connectivity index (χ3n) is 1.53. The van der Waals surface area contributed by atoms with Crippen LogP contribution in [0.15, 0.2) is 0 Å². The smallest absolute Gasteiger partial charge is 0.407 e. The Morgan fingerprint density at radius 2 is 1.67 bits per heavy atom. The number of hydrogen-bond acceptors (Lipinski definition) is 2. The van der Waals surface area contributed by atoms with E-state index in [1.165, 1.54) is 7.11 Å². The van der Waals surface area contributed by atoms with Gasteiger partial charge in [0.1, 0.15) is 0 Å². The number of rotatable bonds is 2. The molecule has 3 nitrogen and oxygen atoms in total. The van der Waals surface area contributed by atoms with Gasteiger partial charge in [0, 0.05) is 6.04 Å². The zero-order chi connectivity index (χ0) is 10.1. The SMILES string of the molecule is CC.COC(=O)N[C@H](C)C(C)C. The summed E-state index contributed by atoms with van der Waals surface area (Å²) in [7, 11) is 1.36. The molecule has 0 saturated heterocycles. The fraction of sp³-hybridized carbons (Fsp3) is 0.889. The summed E-state index contributed by atoms with van der Waals surface area (Å²) in [4.78, 5) is 10.6. The normalized spacial score (nSPS) is 11.2. The van der Waals surface area contributed by atoms with Gasteiger partial charge in [0.25, 0.3) is 0 Å². The predicted octanol–water partition coefficient (Wildman–Crippen LogP) is 2.41. The maximum Gasteiger partial charge on any atom is 0.407 e. The van der Waals surface area contributed by atoms with Crippen molar-refractivity contribution < 1.29 is 9.53 Å². The first-order valence-corrected chi connectivity index (χ1v) is 4.42. The van der Waals surface area contributed by atoms with Gasteiger partial charge in [-0.3, -0.25) is 0 Å². The van der Waals surface area contributed by atoms with E-state index in [0.717, 1.165) is 0 Å². The third-order valence-corrected chi connectivity index (χ3v) is 1.53. The molecule has 3 heteroatoms. The van der Waals surface area contributed by atoms with E-state index in [0.29, 0.717) is 5.92 Å². The molecule has 1 N–H and O–H groups in total. The molecule has 12 heavy (non-hydrogen) atoms. The predicted molar refractivity (Wildman–Crippen MR) is 51.2 cm³/mol. The van der Waals surface area contributed by atoms with Gasteiger partial charge in [-0.25, -0.2) is 4.79 Å². The van der Waals surface area contributed by atoms with E-state index in [1.807, 2.05) is 34.6 Å². The van der Waals surface area contributed by atoms with Crippen LogP contribution in [0.3, 0.4) is 0 Å². The molecule has 0 aliphatic rings. The molecule has 0 saturated carbocycles. The summed E-state index contributed by atoms with van der Waals surface area (Å²) >= 11 is 0. The molecule has 0 radical (unpaired) electrons. The number of hydrogen-bond donors (Lipinski definition) is 1. The van der Waals surface area contributed by atoms with Crippen LogP contribution in [-0.2, 0) is 4.74 Å². The Morgan fingerprint density at radius 1 is 1.25 bits per heavy atom. The molecule has 0 aliphatic heterocycles. The lowest BCUT2D eigenvalue weighted by Gasteiger charge is -2.15. The molecule has 0 aromatic heterocycles. The monoisotopic (exact) mass is 175 g/mol. The Hall–Kier alpha value is -0.730. The maximum absolute atomic E-state index is 10.6. The fourth-order valence-corrected chi connectivity index (χ4v) is 0.411. The van der Waals surface area contributed by atoms with Crippen molar-refractivity contribution in [3.05, 3.63) is 0 Å². The second-order valence-electron chi connectivity index (χ2n) is 2.67. The highest BCUT2D eigenvalue weighted by atomic mass is 16.5.